The van der Waals surface area contributed by atoms with Gasteiger partial charge in [-0.3, -0.25) is 0 Å². The minimum Gasteiger partial charge on any atom is -0.467 e. The number of hydrogen-bond donors (Lipinski definition) is 1. The predicted octanol–water partition coefficient (Wildman–Crippen LogP) is -0.138. The van der Waals surface area contributed by atoms with Crippen molar-refractivity contribution in [3.05, 3.63) is 11.3 Å². The predicted molar refractivity (Wildman–Crippen MR) is 52.8 cm³/mol. The Hall–Kier alpha value is -2.03. The smallest absolute Gasteiger partial charge is 0.350 e. The molecule has 0 bridgehead atoms. The van der Waals surface area contributed by atoms with Crippen molar-refractivity contribution in [1.29, 1.82) is 5.26 Å². The van der Waals surface area contributed by atoms with E-state index in [1.165, 1.54) is 14.2 Å². The fourth-order valence-electron chi connectivity index (χ4n) is 1.50. The van der Waals surface area contributed by atoms with E-state index in [4.69, 9.17) is 5.26 Å². The Morgan fingerprint density at radius 3 is 2.62 bits per heavy atom. The summed E-state index contributed by atoms with van der Waals surface area (Å²) in [6.45, 7) is 0. The lowest BCUT2D eigenvalue weighted by Crippen LogP contribution is -2.31. The summed E-state index contributed by atoms with van der Waals surface area (Å²) in [5.41, 5.74) is 0.346. The molecule has 1 aliphatic heterocycles. The molecular weight excluding hydrogens is 212 g/mol. The SMILES string of the molecule is COC(=O)/C(C#N)=C1/CCC(C(=O)OC)N1. The molecule has 0 aromatic carbocycles. The number of carbonyl (C=O) groups is 2. The van der Waals surface area contributed by atoms with Crippen molar-refractivity contribution in [1.82, 2.24) is 5.32 Å². The highest BCUT2D eigenvalue weighted by Gasteiger charge is 2.29. The summed E-state index contributed by atoms with van der Waals surface area (Å²) >= 11 is 0. The van der Waals surface area contributed by atoms with Crippen LogP contribution in [0.5, 0.6) is 0 Å². The number of allylic oxidation sites excluding steroid dienone is 1. The van der Waals surface area contributed by atoms with Crippen molar-refractivity contribution in [2.45, 2.75) is 18.9 Å². The first-order valence-electron chi connectivity index (χ1n) is 4.70. The van der Waals surface area contributed by atoms with E-state index in [2.05, 4.69) is 14.8 Å². The minimum absolute atomic E-state index is 0.0890. The Labute approximate surface area is 92.8 Å². The van der Waals surface area contributed by atoms with E-state index < -0.39 is 18.0 Å². The van der Waals surface area contributed by atoms with Crippen LogP contribution in [0.3, 0.4) is 0 Å². The molecule has 1 rings (SSSR count). The Morgan fingerprint density at radius 2 is 2.12 bits per heavy atom. The van der Waals surface area contributed by atoms with Crippen LogP contribution in [0.1, 0.15) is 12.8 Å². The fourth-order valence-corrected chi connectivity index (χ4v) is 1.50. The van der Waals surface area contributed by atoms with Crippen LogP contribution in [-0.2, 0) is 19.1 Å². The second kappa shape index (κ2) is 5.16. The average Bonchev–Trinajstić information content (AvgIpc) is 2.78. The van der Waals surface area contributed by atoms with Gasteiger partial charge in [0.1, 0.15) is 12.1 Å². The lowest BCUT2D eigenvalue weighted by atomic mass is 10.2. The third kappa shape index (κ3) is 2.31. The second-order valence-electron chi connectivity index (χ2n) is 3.22. The van der Waals surface area contributed by atoms with Gasteiger partial charge in [-0.05, 0) is 12.8 Å². The summed E-state index contributed by atoms with van der Waals surface area (Å²) < 4.78 is 9.02. The summed E-state index contributed by atoms with van der Waals surface area (Å²) in [5.74, 6) is -1.10. The van der Waals surface area contributed by atoms with E-state index in [1.807, 2.05) is 0 Å². The molecule has 6 nitrogen and oxygen atoms in total. The van der Waals surface area contributed by atoms with Gasteiger partial charge in [-0.15, -0.1) is 0 Å². The van der Waals surface area contributed by atoms with Gasteiger partial charge in [-0.1, -0.05) is 0 Å². The van der Waals surface area contributed by atoms with Gasteiger partial charge < -0.3 is 14.8 Å². The van der Waals surface area contributed by atoms with Crippen LogP contribution in [0.4, 0.5) is 0 Å². The number of methoxy groups -OCH3 is 2. The molecule has 1 N–H and O–H groups in total. The van der Waals surface area contributed by atoms with Crippen molar-refractivity contribution in [3.63, 3.8) is 0 Å². The van der Waals surface area contributed by atoms with Crippen LogP contribution in [0, 0.1) is 11.3 Å². The van der Waals surface area contributed by atoms with Crippen molar-refractivity contribution >= 4 is 11.9 Å². The highest BCUT2D eigenvalue weighted by Crippen LogP contribution is 2.20. The van der Waals surface area contributed by atoms with Crippen LogP contribution in [0.25, 0.3) is 0 Å². The second-order valence-corrected chi connectivity index (χ2v) is 3.22. The quantitative estimate of drug-likeness (QED) is 0.399. The van der Waals surface area contributed by atoms with E-state index in [-0.39, 0.29) is 5.57 Å². The van der Waals surface area contributed by atoms with Gasteiger partial charge in [0.2, 0.25) is 0 Å². The third-order valence-corrected chi connectivity index (χ3v) is 2.32. The van der Waals surface area contributed by atoms with E-state index in [0.29, 0.717) is 18.5 Å². The highest BCUT2D eigenvalue weighted by molar-refractivity contribution is 5.93. The first kappa shape index (κ1) is 12.0. The largest absolute Gasteiger partial charge is 0.467 e. The van der Waals surface area contributed by atoms with Gasteiger partial charge >= 0.3 is 11.9 Å². The van der Waals surface area contributed by atoms with Crippen LogP contribution in [-0.4, -0.2) is 32.2 Å². The number of nitrogens with zero attached hydrogens (tertiary/aromatic N) is 1. The minimum atomic E-state index is -0.699. The van der Waals surface area contributed by atoms with Crippen LogP contribution < -0.4 is 5.32 Å². The zero-order chi connectivity index (χ0) is 12.1. The molecule has 0 aliphatic carbocycles. The first-order valence-corrected chi connectivity index (χ1v) is 4.70. The van der Waals surface area contributed by atoms with E-state index in [1.54, 1.807) is 6.07 Å². The van der Waals surface area contributed by atoms with Crippen molar-refractivity contribution in [2.24, 2.45) is 0 Å². The van der Waals surface area contributed by atoms with Crippen molar-refractivity contribution < 1.29 is 19.1 Å². The summed E-state index contributed by atoms with van der Waals surface area (Å²) in [5, 5.41) is 11.6. The van der Waals surface area contributed by atoms with Crippen molar-refractivity contribution in [3.8, 4) is 6.07 Å². The zero-order valence-electron chi connectivity index (χ0n) is 9.07. The zero-order valence-corrected chi connectivity index (χ0v) is 9.07. The maximum absolute atomic E-state index is 11.2. The maximum atomic E-state index is 11.2. The summed E-state index contributed by atoms with van der Waals surface area (Å²) in [7, 11) is 2.49. The molecule has 0 aromatic heterocycles. The number of hydrogen-bond acceptors (Lipinski definition) is 6. The van der Waals surface area contributed by atoms with Gasteiger partial charge in [-0.2, -0.15) is 5.26 Å². The highest BCUT2D eigenvalue weighted by atomic mass is 16.5. The van der Waals surface area contributed by atoms with E-state index in [9.17, 15) is 9.59 Å². The normalized spacial score (nSPS) is 21.7. The molecule has 1 unspecified atom stereocenters. The standard InChI is InChI=1S/C10H12N2O4/c1-15-9(13)6(5-11)7-3-4-8(12-7)10(14)16-2/h8,12H,3-4H2,1-2H3/b7-6-. The number of nitrogens with one attached hydrogen (secondary N) is 1. The molecule has 1 heterocycles. The molecular formula is C10H12N2O4. The molecule has 1 aliphatic rings. The van der Waals surface area contributed by atoms with Gasteiger partial charge in [0.05, 0.1) is 14.2 Å². The van der Waals surface area contributed by atoms with Gasteiger partial charge in [0.25, 0.3) is 0 Å². The number of carbonyl (C=O) groups excluding carboxylic acids is 2. The molecule has 1 saturated heterocycles. The number of rotatable bonds is 2. The molecule has 86 valence electrons. The third-order valence-electron chi connectivity index (χ3n) is 2.32. The summed E-state index contributed by atoms with van der Waals surface area (Å²) in [6.07, 6.45) is 0.960. The number of ether oxygens (including phenoxy) is 2. The van der Waals surface area contributed by atoms with Gasteiger partial charge in [0.15, 0.2) is 5.57 Å². The van der Waals surface area contributed by atoms with Gasteiger partial charge in [-0.25, -0.2) is 9.59 Å². The Bertz CT molecular complexity index is 381. The molecule has 1 fully saturated rings. The van der Waals surface area contributed by atoms with Crippen LogP contribution in [0.2, 0.25) is 0 Å². The van der Waals surface area contributed by atoms with E-state index >= 15 is 0 Å². The lowest BCUT2D eigenvalue weighted by molar-refractivity contribution is -0.142. The molecule has 1 atom stereocenters. The maximum Gasteiger partial charge on any atom is 0.350 e. The average molecular weight is 224 g/mol. The Morgan fingerprint density at radius 1 is 1.44 bits per heavy atom. The van der Waals surface area contributed by atoms with Gasteiger partial charge in [0, 0.05) is 5.70 Å². The van der Waals surface area contributed by atoms with Crippen LogP contribution >= 0.6 is 0 Å². The number of esters is 2. The fraction of sp³-hybridized carbons (Fsp3) is 0.500. The monoisotopic (exact) mass is 224 g/mol. The topological polar surface area (TPSA) is 88.4 Å². The lowest BCUT2D eigenvalue weighted by Gasteiger charge is -2.08. The number of nitriles is 1. The molecule has 16 heavy (non-hydrogen) atoms. The van der Waals surface area contributed by atoms with E-state index in [0.717, 1.165) is 0 Å². The molecule has 0 radical (unpaired) electrons. The Balaban J connectivity index is 2.84. The summed E-state index contributed by atoms with van der Waals surface area (Å²) in [6, 6.07) is 1.27. The molecule has 6 heteroatoms. The summed E-state index contributed by atoms with van der Waals surface area (Å²) in [4.78, 5) is 22.4. The molecule has 0 aromatic rings. The van der Waals surface area contributed by atoms with Crippen LogP contribution in [0.15, 0.2) is 11.3 Å². The van der Waals surface area contributed by atoms with Crippen molar-refractivity contribution in [2.75, 3.05) is 14.2 Å². The molecule has 0 amide bonds. The first-order chi connectivity index (χ1) is 7.63. The molecule has 0 saturated carbocycles. The molecule has 0 spiro atoms. The Kier molecular flexibility index (Phi) is 3.89.